The van der Waals surface area contributed by atoms with Gasteiger partial charge in [-0.1, -0.05) is 72.4 Å². The first-order valence-electron chi connectivity index (χ1n) is 12.3. The number of amides is 2. The molecule has 2 heterocycles. The van der Waals surface area contributed by atoms with Crippen LogP contribution in [0.2, 0.25) is 0 Å². The lowest BCUT2D eigenvalue weighted by atomic mass is 9.93. The number of allylic oxidation sites excluding steroid dienone is 1. The van der Waals surface area contributed by atoms with Crippen LogP contribution in [0, 0.1) is 0 Å². The summed E-state index contributed by atoms with van der Waals surface area (Å²) in [7, 11) is 0. The number of rotatable bonds is 6. The number of carbonyl (C=O) groups excluding carboxylic acids is 2. The Balaban J connectivity index is 1.38. The molecule has 1 saturated heterocycles. The molecule has 0 saturated carbocycles. The normalized spacial score (nSPS) is 17.3. The zero-order valence-corrected chi connectivity index (χ0v) is 21.4. The van der Waals surface area contributed by atoms with Crippen molar-refractivity contribution in [3.05, 3.63) is 113 Å². The van der Waals surface area contributed by atoms with Gasteiger partial charge < -0.3 is 15.5 Å². The molecule has 2 N–H and O–H groups in total. The number of aliphatic imine (C=N–C) groups is 1. The second kappa shape index (κ2) is 11.3. The number of para-hydroxylation sites is 1. The molecular weight excluding hydrogens is 480 g/mol. The molecule has 2 aliphatic rings. The Hall–Kier alpha value is -4.10. The number of nitrogens with one attached hydrogen (secondary N) is 2. The minimum atomic E-state index is -0.258. The largest absolute Gasteiger partial charge is 0.340 e. The Kier molecular flexibility index (Phi) is 7.51. The van der Waals surface area contributed by atoms with Gasteiger partial charge in [-0.15, -0.1) is 0 Å². The van der Waals surface area contributed by atoms with Crippen molar-refractivity contribution in [1.29, 1.82) is 0 Å². The average molecular weight is 509 g/mol. The van der Waals surface area contributed by atoms with Crippen LogP contribution < -0.4 is 10.6 Å². The minimum Gasteiger partial charge on any atom is -0.340 e. The molecule has 2 amide bonds. The summed E-state index contributed by atoms with van der Waals surface area (Å²) in [5, 5.41) is 6.91. The summed E-state index contributed by atoms with van der Waals surface area (Å²) in [5.74, 6) is 0.660. The van der Waals surface area contributed by atoms with E-state index in [1.54, 1.807) is 17.8 Å². The number of fused-ring (bicyclic) bond motifs is 1. The molecular formula is C30H28N4O2S. The van der Waals surface area contributed by atoms with Crippen molar-refractivity contribution in [2.45, 2.75) is 19.4 Å². The van der Waals surface area contributed by atoms with Crippen molar-refractivity contribution in [3.8, 4) is 0 Å². The number of carbonyl (C=O) groups is 2. The number of benzene rings is 3. The second-order valence-corrected chi connectivity index (χ2v) is 9.93. The molecule has 1 atom stereocenters. The van der Waals surface area contributed by atoms with Gasteiger partial charge in [0.25, 0.3) is 5.91 Å². The highest BCUT2D eigenvalue weighted by Gasteiger charge is 2.37. The smallest absolute Gasteiger partial charge is 0.255 e. The third-order valence-corrected chi connectivity index (χ3v) is 7.33. The Bertz CT molecular complexity index is 1370. The SMILES string of the molecule is CC1=C(C(=O)Nc2ccccc2)C(c2ccc(NC(=O)C=Cc3ccccc3)cc2)N2CCCSC2=N1. The zero-order valence-electron chi connectivity index (χ0n) is 20.6. The fourth-order valence-corrected chi connectivity index (χ4v) is 5.51. The van der Waals surface area contributed by atoms with Gasteiger partial charge in [-0.3, -0.25) is 9.59 Å². The third kappa shape index (κ3) is 5.84. The van der Waals surface area contributed by atoms with E-state index in [2.05, 4.69) is 15.5 Å². The Morgan fingerprint density at radius 2 is 1.59 bits per heavy atom. The molecule has 1 fully saturated rings. The van der Waals surface area contributed by atoms with E-state index in [9.17, 15) is 9.59 Å². The van der Waals surface area contributed by atoms with Crippen molar-refractivity contribution < 1.29 is 9.59 Å². The maximum Gasteiger partial charge on any atom is 0.255 e. The van der Waals surface area contributed by atoms with Crippen LogP contribution in [0.3, 0.4) is 0 Å². The topological polar surface area (TPSA) is 73.8 Å². The average Bonchev–Trinajstić information content (AvgIpc) is 2.93. The van der Waals surface area contributed by atoms with E-state index in [1.165, 1.54) is 6.08 Å². The van der Waals surface area contributed by atoms with Crippen LogP contribution in [0.15, 0.2) is 107 Å². The summed E-state index contributed by atoms with van der Waals surface area (Å²) >= 11 is 1.73. The van der Waals surface area contributed by atoms with Gasteiger partial charge >= 0.3 is 0 Å². The molecule has 6 nitrogen and oxygen atoms in total. The third-order valence-electron chi connectivity index (χ3n) is 6.26. The quantitative estimate of drug-likeness (QED) is 0.395. The van der Waals surface area contributed by atoms with Gasteiger partial charge in [0, 0.05) is 29.7 Å². The van der Waals surface area contributed by atoms with Crippen LogP contribution in [0.25, 0.3) is 6.08 Å². The Labute approximate surface area is 221 Å². The number of thioether (sulfide) groups is 1. The number of anilines is 2. The van der Waals surface area contributed by atoms with Gasteiger partial charge in [0.1, 0.15) is 0 Å². The van der Waals surface area contributed by atoms with Crippen LogP contribution in [0.4, 0.5) is 11.4 Å². The summed E-state index contributed by atoms with van der Waals surface area (Å²) in [6.45, 7) is 2.73. The molecule has 2 aliphatic heterocycles. The van der Waals surface area contributed by atoms with E-state index in [-0.39, 0.29) is 17.9 Å². The van der Waals surface area contributed by atoms with E-state index in [1.807, 2.05) is 91.9 Å². The van der Waals surface area contributed by atoms with Crippen LogP contribution in [0.5, 0.6) is 0 Å². The van der Waals surface area contributed by atoms with Gasteiger partial charge in [0.2, 0.25) is 5.91 Å². The fraction of sp³-hybridized carbons (Fsp3) is 0.167. The van der Waals surface area contributed by atoms with Crippen molar-refractivity contribution in [3.63, 3.8) is 0 Å². The number of hydrogen-bond acceptors (Lipinski definition) is 5. The van der Waals surface area contributed by atoms with E-state index >= 15 is 0 Å². The monoisotopic (exact) mass is 508 g/mol. The van der Waals surface area contributed by atoms with Crippen LogP contribution in [-0.2, 0) is 9.59 Å². The standard InChI is InChI=1S/C30H28N4O2S/c1-21-27(29(36)33-24-11-6-3-7-12-24)28(34-19-8-20-37-30(34)31-21)23-14-16-25(17-15-23)32-26(35)18-13-22-9-4-2-5-10-22/h2-7,9-18,28H,8,19-20H2,1H3,(H,32,35)(H,33,36). The van der Waals surface area contributed by atoms with E-state index in [4.69, 9.17) is 4.99 Å². The highest BCUT2D eigenvalue weighted by atomic mass is 32.2. The fourth-order valence-electron chi connectivity index (χ4n) is 4.49. The molecule has 0 radical (unpaired) electrons. The summed E-state index contributed by atoms with van der Waals surface area (Å²) in [6, 6.07) is 26.6. The maximum absolute atomic E-state index is 13.5. The Morgan fingerprint density at radius 3 is 2.32 bits per heavy atom. The predicted octanol–water partition coefficient (Wildman–Crippen LogP) is 6.10. The van der Waals surface area contributed by atoms with Crippen LogP contribution >= 0.6 is 11.8 Å². The molecule has 1 unspecified atom stereocenters. The first-order chi connectivity index (χ1) is 18.1. The summed E-state index contributed by atoms with van der Waals surface area (Å²) in [6.07, 6.45) is 4.33. The van der Waals surface area contributed by atoms with Crippen LogP contribution in [-0.4, -0.2) is 34.2 Å². The van der Waals surface area contributed by atoms with E-state index in [0.717, 1.165) is 46.4 Å². The molecule has 3 aromatic rings. The first-order valence-corrected chi connectivity index (χ1v) is 13.3. The maximum atomic E-state index is 13.5. The van der Waals surface area contributed by atoms with Crippen molar-refractivity contribution in [2.75, 3.05) is 22.9 Å². The second-order valence-electron chi connectivity index (χ2n) is 8.87. The Morgan fingerprint density at radius 1 is 0.919 bits per heavy atom. The van der Waals surface area contributed by atoms with Crippen molar-refractivity contribution >= 4 is 46.2 Å². The molecule has 7 heteroatoms. The van der Waals surface area contributed by atoms with Gasteiger partial charge in [-0.25, -0.2) is 4.99 Å². The molecule has 0 aromatic heterocycles. The highest BCUT2D eigenvalue weighted by molar-refractivity contribution is 8.13. The van der Waals surface area contributed by atoms with E-state index in [0.29, 0.717) is 11.3 Å². The molecule has 0 spiro atoms. The van der Waals surface area contributed by atoms with Gasteiger partial charge in [-0.05, 0) is 54.8 Å². The number of hydrogen-bond donors (Lipinski definition) is 2. The lowest BCUT2D eigenvalue weighted by molar-refractivity contribution is -0.113. The predicted molar refractivity (Wildman–Crippen MR) is 152 cm³/mol. The highest BCUT2D eigenvalue weighted by Crippen LogP contribution is 2.40. The minimum absolute atomic E-state index is 0.157. The van der Waals surface area contributed by atoms with Crippen LogP contribution in [0.1, 0.15) is 30.5 Å². The lowest BCUT2D eigenvalue weighted by Crippen LogP contribution is -2.43. The molecule has 37 heavy (non-hydrogen) atoms. The lowest BCUT2D eigenvalue weighted by Gasteiger charge is -2.40. The van der Waals surface area contributed by atoms with Crippen molar-refractivity contribution in [1.82, 2.24) is 4.90 Å². The summed E-state index contributed by atoms with van der Waals surface area (Å²) in [4.78, 5) is 32.9. The van der Waals surface area contributed by atoms with E-state index < -0.39 is 0 Å². The first kappa shape index (κ1) is 24.6. The van der Waals surface area contributed by atoms with Gasteiger partial charge in [0.05, 0.1) is 17.3 Å². The zero-order chi connectivity index (χ0) is 25.6. The molecule has 0 bridgehead atoms. The van der Waals surface area contributed by atoms with Crippen molar-refractivity contribution in [2.24, 2.45) is 4.99 Å². The number of nitrogens with zero attached hydrogens (tertiary/aromatic N) is 2. The van der Waals surface area contributed by atoms with Gasteiger partial charge in [0.15, 0.2) is 5.17 Å². The molecule has 3 aromatic carbocycles. The molecule has 186 valence electrons. The molecule has 0 aliphatic carbocycles. The van der Waals surface area contributed by atoms with Gasteiger partial charge in [-0.2, -0.15) is 0 Å². The number of amidine groups is 1. The molecule has 5 rings (SSSR count). The summed E-state index contributed by atoms with van der Waals surface area (Å²) in [5.41, 5.74) is 4.74. The summed E-state index contributed by atoms with van der Waals surface area (Å²) < 4.78 is 0.